The Balaban J connectivity index is 2.02. The first-order valence-corrected chi connectivity index (χ1v) is 7.75. The number of hydrogen-bond donors (Lipinski definition) is 1. The molecule has 0 spiro atoms. The molecule has 25 heavy (non-hydrogen) atoms. The summed E-state index contributed by atoms with van der Waals surface area (Å²) < 4.78 is 15.4. The van der Waals surface area contributed by atoms with Crippen LogP contribution in [0.1, 0.15) is 10.4 Å². The van der Waals surface area contributed by atoms with E-state index >= 15 is 0 Å². The number of ether oxygens (including phenoxy) is 2. The maximum Gasteiger partial charge on any atom is 0.345 e. The zero-order valence-electron chi connectivity index (χ0n) is 13.6. The normalized spacial score (nSPS) is 10.4. The van der Waals surface area contributed by atoms with Crippen LogP contribution in [0.2, 0.25) is 5.02 Å². The summed E-state index contributed by atoms with van der Waals surface area (Å²) in [6, 6.07) is 14.1. The zero-order chi connectivity index (χ0) is 17.8. The second kappa shape index (κ2) is 7.27. The van der Waals surface area contributed by atoms with Crippen molar-refractivity contribution >= 4 is 29.1 Å². The molecule has 0 aliphatic rings. The first kappa shape index (κ1) is 16.9. The smallest absolute Gasteiger partial charge is 0.345 e. The summed E-state index contributed by atoms with van der Waals surface area (Å²) in [5, 5.41) is 7.62. The SMILES string of the molecule is COC(=O)c1c(-c2ccc(Cl)cc2)noc1Nc1cccc(OC)c1. The molecule has 0 amide bonds. The van der Waals surface area contributed by atoms with Crippen molar-refractivity contribution in [1.29, 1.82) is 0 Å². The maximum absolute atomic E-state index is 12.3. The topological polar surface area (TPSA) is 73.6 Å². The number of nitrogens with zero attached hydrogens (tertiary/aromatic N) is 1. The molecule has 0 saturated heterocycles. The largest absolute Gasteiger partial charge is 0.497 e. The second-order valence-electron chi connectivity index (χ2n) is 5.09. The van der Waals surface area contributed by atoms with E-state index in [0.717, 1.165) is 0 Å². The van der Waals surface area contributed by atoms with E-state index in [2.05, 4.69) is 10.5 Å². The third-order valence-electron chi connectivity index (χ3n) is 3.53. The van der Waals surface area contributed by atoms with Crippen LogP contribution >= 0.6 is 11.6 Å². The van der Waals surface area contributed by atoms with E-state index in [9.17, 15) is 4.79 Å². The summed E-state index contributed by atoms with van der Waals surface area (Å²) in [5.41, 5.74) is 1.94. The number of anilines is 2. The predicted molar refractivity (Wildman–Crippen MR) is 94.6 cm³/mol. The highest BCUT2D eigenvalue weighted by molar-refractivity contribution is 6.30. The molecule has 6 nitrogen and oxygen atoms in total. The molecule has 0 saturated carbocycles. The average molecular weight is 359 g/mol. The van der Waals surface area contributed by atoms with Gasteiger partial charge in [0.05, 0.1) is 14.2 Å². The van der Waals surface area contributed by atoms with E-state index in [4.69, 9.17) is 25.6 Å². The van der Waals surface area contributed by atoms with Crippen molar-refractivity contribution in [3.8, 4) is 17.0 Å². The van der Waals surface area contributed by atoms with Gasteiger partial charge in [0.15, 0.2) is 5.56 Å². The minimum Gasteiger partial charge on any atom is -0.497 e. The van der Waals surface area contributed by atoms with Crippen LogP contribution in [0.25, 0.3) is 11.3 Å². The van der Waals surface area contributed by atoms with Gasteiger partial charge in [0.2, 0.25) is 5.88 Å². The van der Waals surface area contributed by atoms with Crippen LogP contribution in [0.15, 0.2) is 53.1 Å². The van der Waals surface area contributed by atoms with E-state index in [1.54, 1.807) is 37.4 Å². The van der Waals surface area contributed by atoms with Crippen LogP contribution < -0.4 is 10.1 Å². The molecule has 7 heteroatoms. The Morgan fingerprint density at radius 1 is 1.16 bits per heavy atom. The molecule has 2 aromatic carbocycles. The molecular weight excluding hydrogens is 344 g/mol. The monoisotopic (exact) mass is 358 g/mol. The summed E-state index contributed by atoms with van der Waals surface area (Å²) in [4.78, 5) is 12.3. The zero-order valence-corrected chi connectivity index (χ0v) is 14.3. The third-order valence-corrected chi connectivity index (χ3v) is 3.78. The van der Waals surface area contributed by atoms with Gasteiger partial charge in [-0.15, -0.1) is 0 Å². The summed E-state index contributed by atoms with van der Waals surface area (Å²) in [6.07, 6.45) is 0. The number of methoxy groups -OCH3 is 2. The van der Waals surface area contributed by atoms with Gasteiger partial charge in [-0.3, -0.25) is 0 Å². The van der Waals surface area contributed by atoms with Gasteiger partial charge in [-0.05, 0) is 24.3 Å². The Bertz CT molecular complexity index is 890. The molecular formula is C18H15ClN2O4. The van der Waals surface area contributed by atoms with Crippen molar-refractivity contribution in [3.63, 3.8) is 0 Å². The molecule has 0 aliphatic carbocycles. The number of carbonyl (C=O) groups is 1. The van der Waals surface area contributed by atoms with Gasteiger partial charge in [-0.25, -0.2) is 4.79 Å². The number of aromatic nitrogens is 1. The fourth-order valence-electron chi connectivity index (χ4n) is 2.30. The van der Waals surface area contributed by atoms with Gasteiger partial charge in [-0.2, -0.15) is 0 Å². The lowest BCUT2D eigenvalue weighted by atomic mass is 10.1. The minimum atomic E-state index is -0.559. The summed E-state index contributed by atoms with van der Waals surface area (Å²) in [6.45, 7) is 0. The Kier molecular flexibility index (Phi) is 4.90. The molecule has 1 aromatic heterocycles. The number of halogens is 1. The Morgan fingerprint density at radius 3 is 2.60 bits per heavy atom. The standard InChI is InChI=1S/C18H15ClN2O4/c1-23-14-5-3-4-13(10-14)20-17-15(18(22)24-2)16(21-25-17)11-6-8-12(19)9-7-11/h3-10,20H,1-2H3. The molecule has 0 atom stereocenters. The minimum absolute atomic E-state index is 0.185. The molecule has 3 rings (SSSR count). The number of benzene rings is 2. The molecule has 0 aliphatic heterocycles. The molecule has 0 bridgehead atoms. The fourth-order valence-corrected chi connectivity index (χ4v) is 2.43. The van der Waals surface area contributed by atoms with E-state index in [1.807, 2.05) is 18.2 Å². The Hall–Kier alpha value is -2.99. The molecule has 3 aromatic rings. The van der Waals surface area contributed by atoms with Crippen LogP contribution in [0.3, 0.4) is 0 Å². The Labute approximate surface area is 149 Å². The molecule has 0 radical (unpaired) electrons. The summed E-state index contributed by atoms with van der Waals surface area (Å²) >= 11 is 5.91. The molecule has 0 unspecified atom stereocenters. The van der Waals surface area contributed by atoms with E-state index in [-0.39, 0.29) is 11.4 Å². The van der Waals surface area contributed by atoms with E-state index < -0.39 is 5.97 Å². The van der Waals surface area contributed by atoms with Gasteiger partial charge in [-0.1, -0.05) is 35.0 Å². The lowest BCUT2D eigenvalue weighted by Gasteiger charge is -2.07. The molecule has 0 fully saturated rings. The highest BCUT2D eigenvalue weighted by Crippen LogP contribution is 2.32. The number of esters is 1. The first-order valence-electron chi connectivity index (χ1n) is 7.37. The average Bonchev–Trinajstić information content (AvgIpc) is 3.05. The van der Waals surface area contributed by atoms with E-state index in [0.29, 0.717) is 27.7 Å². The van der Waals surface area contributed by atoms with Gasteiger partial charge in [0.1, 0.15) is 11.4 Å². The highest BCUT2D eigenvalue weighted by Gasteiger charge is 2.25. The molecule has 1 N–H and O–H groups in total. The van der Waals surface area contributed by atoms with Gasteiger partial charge < -0.3 is 19.3 Å². The highest BCUT2D eigenvalue weighted by atomic mass is 35.5. The van der Waals surface area contributed by atoms with Crippen LogP contribution in [0.4, 0.5) is 11.6 Å². The van der Waals surface area contributed by atoms with Crippen molar-refractivity contribution in [2.24, 2.45) is 0 Å². The van der Waals surface area contributed by atoms with Crippen LogP contribution in [-0.4, -0.2) is 25.3 Å². The van der Waals surface area contributed by atoms with Gasteiger partial charge in [0.25, 0.3) is 0 Å². The van der Waals surface area contributed by atoms with Gasteiger partial charge >= 0.3 is 5.97 Å². The summed E-state index contributed by atoms with van der Waals surface area (Å²) in [7, 11) is 2.88. The van der Waals surface area contributed by atoms with E-state index in [1.165, 1.54) is 7.11 Å². The van der Waals surface area contributed by atoms with Crippen molar-refractivity contribution in [2.45, 2.75) is 0 Å². The number of rotatable bonds is 5. The lowest BCUT2D eigenvalue weighted by Crippen LogP contribution is -2.05. The predicted octanol–water partition coefficient (Wildman–Crippen LogP) is 4.53. The molecule has 128 valence electrons. The fraction of sp³-hybridized carbons (Fsp3) is 0.111. The van der Waals surface area contributed by atoms with Crippen molar-refractivity contribution in [1.82, 2.24) is 5.16 Å². The van der Waals surface area contributed by atoms with Crippen molar-refractivity contribution in [3.05, 3.63) is 59.1 Å². The maximum atomic E-state index is 12.3. The quantitative estimate of drug-likeness (QED) is 0.675. The molecule has 1 heterocycles. The first-order chi connectivity index (χ1) is 12.1. The number of carbonyl (C=O) groups excluding carboxylic acids is 1. The van der Waals surface area contributed by atoms with Crippen LogP contribution in [-0.2, 0) is 4.74 Å². The number of hydrogen-bond acceptors (Lipinski definition) is 6. The lowest BCUT2D eigenvalue weighted by molar-refractivity contribution is 0.0602. The number of nitrogens with one attached hydrogen (secondary N) is 1. The van der Waals surface area contributed by atoms with Crippen LogP contribution in [0.5, 0.6) is 5.75 Å². The van der Waals surface area contributed by atoms with Gasteiger partial charge in [0, 0.05) is 22.3 Å². The van der Waals surface area contributed by atoms with Crippen LogP contribution in [0, 0.1) is 0 Å². The Morgan fingerprint density at radius 2 is 1.92 bits per heavy atom. The third kappa shape index (κ3) is 3.59. The summed E-state index contributed by atoms with van der Waals surface area (Å²) in [5.74, 6) is 0.295. The van der Waals surface area contributed by atoms with Crippen molar-refractivity contribution < 1.29 is 18.8 Å². The second-order valence-corrected chi connectivity index (χ2v) is 5.53. The van der Waals surface area contributed by atoms with Crippen molar-refractivity contribution in [2.75, 3.05) is 19.5 Å².